The Labute approximate surface area is 240 Å². The molecule has 39 heavy (non-hydrogen) atoms. The number of para-hydroxylation sites is 2. The van der Waals surface area contributed by atoms with Crippen LogP contribution in [0.3, 0.4) is 0 Å². The summed E-state index contributed by atoms with van der Waals surface area (Å²) in [5, 5.41) is 17.9. The van der Waals surface area contributed by atoms with E-state index in [9.17, 15) is 43.2 Å². The maximum Gasteiger partial charge on any atom is 2.00 e. The molecule has 0 saturated heterocycles. The van der Waals surface area contributed by atoms with E-state index >= 15 is 0 Å². The van der Waals surface area contributed by atoms with Crippen molar-refractivity contribution in [1.82, 2.24) is 0 Å². The first-order valence-electron chi connectivity index (χ1n) is 10.2. The van der Waals surface area contributed by atoms with Crippen molar-refractivity contribution in [3.8, 4) is 11.5 Å². The number of hydrogen-bond acceptors (Lipinski definition) is 6. The first-order chi connectivity index (χ1) is 17.5. The molecule has 0 unspecified atom stereocenters. The van der Waals surface area contributed by atoms with Crippen LogP contribution in [0.2, 0.25) is 0 Å². The molecule has 2 aromatic rings. The minimum absolute atomic E-state index is 0. The zero-order chi connectivity index (χ0) is 29.0. The van der Waals surface area contributed by atoms with Gasteiger partial charge in [-0.05, 0) is 24.3 Å². The minimum Gasteiger partial charge on any atom is -0.507 e. The quantitative estimate of drug-likeness (QED) is 0.300. The van der Waals surface area contributed by atoms with Crippen LogP contribution in [0.5, 0.6) is 11.5 Å². The Morgan fingerprint density at radius 1 is 0.615 bits per heavy atom. The zero-order valence-corrected chi connectivity index (χ0v) is 23.7. The Morgan fingerprint density at radius 2 is 0.923 bits per heavy atom. The molecule has 0 aliphatic heterocycles. The van der Waals surface area contributed by atoms with Gasteiger partial charge in [-0.15, -0.1) is 12.8 Å². The molecule has 6 nitrogen and oxygen atoms in total. The van der Waals surface area contributed by atoms with Gasteiger partial charge in [-0.2, -0.15) is 38.5 Å². The average molecular weight is 674 g/mol. The second-order valence-electron chi connectivity index (χ2n) is 6.84. The van der Waals surface area contributed by atoms with Gasteiger partial charge in [-0.25, -0.2) is 41.1 Å². The maximum atomic E-state index is 12.0. The summed E-state index contributed by atoms with van der Waals surface area (Å²) < 4.78 is 115. The summed E-state index contributed by atoms with van der Waals surface area (Å²) in [4.78, 5) is -2.26. The second-order valence-corrected chi connectivity index (χ2v) is 10.7. The summed E-state index contributed by atoms with van der Waals surface area (Å²) in [5.41, 5.74) is -10.8. The number of sulfone groups is 2. The molecule has 2 aliphatic carbocycles. The SMILES string of the molecule is O=S(=O)(c1ccccc1O)C(F)(F)F.O=S(=O)(c1ccccc1O)C(F)(F)F.[C-]1=CC=CC1.[C-]1=CC=CC1.[Zr+2]. The fourth-order valence-corrected chi connectivity index (χ4v) is 4.00. The molecule has 0 radical (unpaired) electrons. The fraction of sp³-hybridized carbons (Fsp3) is 0.167. The molecule has 2 aliphatic rings. The summed E-state index contributed by atoms with van der Waals surface area (Å²) in [7, 11) is -10.9. The third-order valence-electron chi connectivity index (χ3n) is 4.09. The van der Waals surface area contributed by atoms with Gasteiger partial charge in [-0.1, -0.05) is 24.3 Å². The smallest absolute Gasteiger partial charge is 0.507 e. The number of phenolic OH excluding ortho intramolecular Hbond substituents is 2. The Bertz CT molecular complexity index is 1270. The number of allylic oxidation sites excluding steroid dienone is 8. The normalized spacial score (nSPS) is 13.7. The number of hydrogen-bond donors (Lipinski definition) is 2. The first-order valence-corrected chi connectivity index (χ1v) is 13.1. The van der Waals surface area contributed by atoms with E-state index in [1.165, 1.54) is 12.1 Å². The molecule has 0 atom stereocenters. The van der Waals surface area contributed by atoms with E-state index in [0.29, 0.717) is 12.1 Å². The Balaban J connectivity index is 0.000000537. The van der Waals surface area contributed by atoms with Crippen molar-refractivity contribution in [3.05, 3.63) is 97.1 Å². The van der Waals surface area contributed by atoms with Crippen molar-refractivity contribution in [2.24, 2.45) is 0 Å². The van der Waals surface area contributed by atoms with Gasteiger partial charge in [0.25, 0.3) is 19.7 Å². The number of aromatic hydroxyl groups is 2. The third kappa shape index (κ3) is 11.2. The molecule has 0 heterocycles. The largest absolute Gasteiger partial charge is 2.00 e. The Hall–Kier alpha value is -2.64. The predicted molar refractivity (Wildman–Crippen MR) is 126 cm³/mol. The topological polar surface area (TPSA) is 109 Å². The van der Waals surface area contributed by atoms with Crippen LogP contribution in [0, 0.1) is 12.2 Å². The second kappa shape index (κ2) is 15.8. The summed E-state index contributed by atoms with van der Waals surface area (Å²) in [6, 6.07) is 7.78. The van der Waals surface area contributed by atoms with Crippen LogP contribution in [0.15, 0.2) is 94.8 Å². The van der Waals surface area contributed by atoms with Gasteiger partial charge >= 0.3 is 37.2 Å². The molecule has 0 amide bonds. The standard InChI is InChI=1S/2C7H5F3O3S.2C5H5.Zr/c2*8-7(9,10)14(12,13)6-4-2-1-3-5(6)11;2*1-2-4-5-3-1;/h2*1-4,11H;2*1-3H,4H2;/q;;2*-1;+2. The molecule has 210 valence electrons. The molecule has 0 fully saturated rings. The maximum absolute atomic E-state index is 12.0. The summed E-state index contributed by atoms with van der Waals surface area (Å²) in [6.45, 7) is 0. The van der Waals surface area contributed by atoms with E-state index in [1.807, 2.05) is 24.3 Å². The molecule has 2 aromatic carbocycles. The number of rotatable bonds is 2. The van der Waals surface area contributed by atoms with Gasteiger partial charge in [0.2, 0.25) is 0 Å². The Kier molecular flexibility index (Phi) is 14.8. The summed E-state index contributed by atoms with van der Waals surface area (Å²) >= 11 is 0. The molecule has 15 heteroatoms. The molecule has 0 bridgehead atoms. The number of halogens is 6. The molecular weight excluding hydrogens is 654 g/mol. The number of benzene rings is 2. The first kappa shape index (κ1) is 36.4. The van der Waals surface area contributed by atoms with Crippen LogP contribution in [0.1, 0.15) is 12.8 Å². The average Bonchev–Trinajstić information content (AvgIpc) is 3.57. The van der Waals surface area contributed by atoms with E-state index < -0.39 is 52.0 Å². The molecule has 0 saturated carbocycles. The fourth-order valence-electron chi connectivity index (χ4n) is 2.30. The monoisotopic (exact) mass is 672 g/mol. The van der Waals surface area contributed by atoms with Crippen molar-refractivity contribution in [1.29, 1.82) is 0 Å². The van der Waals surface area contributed by atoms with Gasteiger partial charge in [-0.3, -0.25) is 12.2 Å². The van der Waals surface area contributed by atoms with Crippen LogP contribution in [-0.2, 0) is 45.9 Å². The van der Waals surface area contributed by atoms with Crippen molar-refractivity contribution in [2.45, 2.75) is 33.6 Å². The number of phenols is 2. The Morgan fingerprint density at radius 3 is 1.10 bits per heavy atom. The van der Waals surface area contributed by atoms with Crippen molar-refractivity contribution >= 4 is 19.7 Å². The van der Waals surface area contributed by atoms with Crippen molar-refractivity contribution < 1.29 is 79.6 Å². The molecule has 0 spiro atoms. The van der Waals surface area contributed by atoms with Crippen molar-refractivity contribution in [2.75, 3.05) is 0 Å². The number of alkyl halides is 6. The van der Waals surface area contributed by atoms with Crippen LogP contribution in [-0.4, -0.2) is 38.1 Å². The predicted octanol–water partition coefficient (Wildman–Crippen LogP) is 5.98. The molecular formula is C24H20F6O6S2Zr. The van der Waals surface area contributed by atoms with Gasteiger partial charge in [0, 0.05) is 0 Å². The van der Waals surface area contributed by atoms with Crippen LogP contribution in [0.4, 0.5) is 26.3 Å². The van der Waals surface area contributed by atoms with Crippen molar-refractivity contribution in [3.63, 3.8) is 0 Å². The van der Waals surface area contributed by atoms with E-state index in [2.05, 4.69) is 24.3 Å². The van der Waals surface area contributed by atoms with E-state index in [0.717, 1.165) is 37.1 Å². The van der Waals surface area contributed by atoms with E-state index in [4.69, 9.17) is 10.2 Å². The van der Waals surface area contributed by atoms with Crippen LogP contribution < -0.4 is 0 Å². The zero-order valence-electron chi connectivity index (χ0n) is 19.6. The van der Waals surface area contributed by atoms with Gasteiger partial charge in [0.1, 0.15) is 21.3 Å². The van der Waals surface area contributed by atoms with E-state index in [1.54, 1.807) is 0 Å². The van der Waals surface area contributed by atoms with Gasteiger partial charge in [0.15, 0.2) is 0 Å². The van der Waals surface area contributed by atoms with Crippen LogP contribution >= 0.6 is 0 Å². The van der Waals surface area contributed by atoms with Gasteiger partial charge < -0.3 is 10.2 Å². The van der Waals surface area contributed by atoms with Crippen LogP contribution in [0.25, 0.3) is 0 Å². The molecule has 2 N–H and O–H groups in total. The van der Waals surface area contributed by atoms with Gasteiger partial charge in [0.05, 0.1) is 0 Å². The van der Waals surface area contributed by atoms with E-state index in [-0.39, 0.29) is 26.2 Å². The summed E-state index contributed by atoms with van der Waals surface area (Å²) in [5.74, 6) is -1.82. The molecule has 0 aromatic heterocycles. The molecule has 4 rings (SSSR count). The minimum atomic E-state index is -5.46. The third-order valence-corrected chi connectivity index (χ3v) is 7.16. The summed E-state index contributed by atoms with van der Waals surface area (Å²) in [6.07, 6.45) is 20.0.